The van der Waals surface area contributed by atoms with E-state index in [0.29, 0.717) is 0 Å². The fourth-order valence-electron chi connectivity index (χ4n) is 1.41. The summed E-state index contributed by atoms with van der Waals surface area (Å²) in [4.78, 5) is 0. The molecule has 1 aliphatic heterocycles. The average molecular weight is 190 g/mol. The van der Waals surface area contributed by atoms with Gasteiger partial charge < -0.3 is 0 Å². The van der Waals surface area contributed by atoms with Crippen molar-refractivity contribution in [3.05, 3.63) is 0 Å². The topological polar surface area (TPSA) is 14.1 Å². The average Bonchev–Trinajstić information content (AvgIpc) is 2.39. The maximum Gasteiger partial charge on any atom is 0.0256 e. The second-order valence-electron chi connectivity index (χ2n) is 2.80. The molecule has 1 radical (unpaired) electrons. The first-order valence-corrected chi connectivity index (χ1v) is 6.56. The van der Waals surface area contributed by atoms with Crippen LogP contribution in [0.3, 0.4) is 0 Å². The molecule has 1 heterocycles. The first-order valence-electron chi connectivity index (χ1n) is 4.12. The molecule has 0 spiro atoms. The Bertz CT molecular complexity index is 96.3. The molecule has 0 aliphatic carbocycles. The quantitative estimate of drug-likeness (QED) is 0.670. The van der Waals surface area contributed by atoms with E-state index in [1.54, 1.807) is 0 Å². The monoisotopic (exact) mass is 190 g/mol. The molecule has 0 aromatic heterocycles. The summed E-state index contributed by atoms with van der Waals surface area (Å²) in [5.74, 6) is 3.39. The van der Waals surface area contributed by atoms with E-state index >= 15 is 0 Å². The highest BCUT2D eigenvalue weighted by atomic mass is 32.2. The minimum atomic E-state index is 0.826. The lowest BCUT2D eigenvalue weighted by Crippen LogP contribution is -2.17. The van der Waals surface area contributed by atoms with Gasteiger partial charge >= 0.3 is 0 Å². The van der Waals surface area contributed by atoms with Crippen LogP contribution in [0.1, 0.15) is 6.92 Å². The molecule has 0 bridgehead atoms. The predicted molar refractivity (Wildman–Crippen MR) is 55.7 cm³/mol. The van der Waals surface area contributed by atoms with Crippen LogP contribution >= 0.6 is 23.5 Å². The van der Waals surface area contributed by atoms with Crippen LogP contribution in [0, 0.1) is 5.92 Å². The lowest BCUT2D eigenvalue weighted by molar-refractivity contribution is 0.672. The molecule has 1 rings (SSSR count). The van der Waals surface area contributed by atoms with Gasteiger partial charge in [-0.2, -0.15) is 23.5 Å². The van der Waals surface area contributed by atoms with Gasteiger partial charge in [-0.05, 0) is 23.7 Å². The van der Waals surface area contributed by atoms with E-state index in [4.69, 9.17) is 0 Å². The van der Waals surface area contributed by atoms with Gasteiger partial charge in [0.15, 0.2) is 0 Å². The van der Waals surface area contributed by atoms with Gasteiger partial charge in [-0.1, -0.05) is 6.92 Å². The second-order valence-corrected chi connectivity index (χ2v) is 5.22. The largest absolute Gasteiger partial charge is 0.240 e. The number of hydrogen-bond acceptors (Lipinski definition) is 2. The molecule has 2 atom stereocenters. The summed E-state index contributed by atoms with van der Waals surface area (Å²) in [5, 5.41) is 5.28. The molecule has 65 valence electrons. The minimum absolute atomic E-state index is 0.826. The van der Waals surface area contributed by atoms with E-state index in [1.807, 2.05) is 11.8 Å². The van der Waals surface area contributed by atoms with Crippen LogP contribution in [0.4, 0.5) is 0 Å². The Hall–Kier alpha value is 0.660. The van der Waals surface area contributed by atoms with Crippen molar-refractivity contribution in [2.45, 2.75) is 12.2 Å². The molecular formula is C8H16NS2. The summed E-state index contributed by atoms with van der Waals surface area (Å²) in [6, 6.07) is 0. The van der Waals surface area contributed by atoms with Crippen LogP contribution in [0.5, 0.6) is 0 Å². The summed E-state index contributed by atoms with van der Waals surface area (Å²) in [6.45, 7) is 4.45. The SMILES string of the molecule is CCSC1C[N]CC1CSC. The van der Waals surface area contributed by atoms with Crippen LogP contribution in [0.2, 0.25) is 0 Å². The van der Waals surface area contributed by atoms with Crippen molar-refractivity contribution in [1.29, 1.82) is 0 Å². The summed E-state index contributed by atoms with van der Waals surface area (Å²) in [7, 11) is 0. The van der Waals surface area contributed by atoms with E-state index in [1.165, 1.54) is 11.5 Å². The van der Waals surface area contributed by atoms with Crippen LogP contribution in [-0.2, 0) is 0 Å². The third kappa shape index (κ3) is 2.88. The molecule has 3 heteroatoms. The Morgan fingerprint density at radius 1 is 1.45 bits per heavy atom. The zero-order valence-corrected chi connectivity index (χ0v) is 8.88. The van der Waals surface area contributed by atoms with Gasteiger partial charge in [0.25, 0.3) is 0 Å². The van der Waals surface area contributed by atoms with Crippen molar-refractivity contribution in [2.24, 2.45) is 5.92 Å². The highest BCUT2D eigenvalue weighted by molar-refractivity contribution is 8.00. The normalized spacial score (nSPS) is 31.1. The summed E-state index contributed by atoms with van der Waals surface area (Å²) in [5.41, 5.74) is 0. The molecule has 0 saturated carbocycles. The van der Waals surface area contributed by atoms with Gasteiger partial charge in [0.2, 0.25) is 0 Å². The predicted octanol–water partition coefficient (Wildman–Crippen LogP) is 1.71. The highest BCUT2D eigenvalue weighted by Gasteiger charge is 2.26. The fourth-order valence-corrected chi connectivity index (χ4v) is 3.39. The molecular weight excluding hydrogens is 174 g/mol. The van der Waals surface area contributed by atoms with Gasteiger partial charge in [0, 0.05) is 18.3 Å². The van der Waals surface area contributed by atoms with E-state index in [-0.39, 0.29) is 0 Å². The minimum Gasteiger partial charge on any atom is -0.240 e. The van der Waals surface area contributed by atoms with E-state index < -0.39 is 0 Å². The highest BCUT2D eigenvalue weighted by Crippen LogP contribution is 2.25. The molecule has 0 aromatic carbocycles. The Morgan fingerprint density at radius 2 is 2.27 bits per heavy atom. The number of hydrogen-bond donors (Lipinski definition) is 0. The molecule has 0 N–H and O–H groups in total. The maximum absolute atomic E-state index is 4.45. The van der Waals surface area contributed by atoms with E-state index in [9.17, 15) is 0 Å². The van der Waals surface area contributed by atoms with Gasteiger partial charge in [-0.25, -0.2) is 5.32 Å². The smallest absolute Gasteiger partial charge is 0.0256 e. The first kappa shape index (κ1) is 9.75. The fraction of sp³-hybridized carbons (Fsp3) is 1.00. The molecule has 1 aliphatic rings. The van der Waals surface area contributed by atoms with E-state index in [0.717, 1.165) is 24.3 Å². The lowest BCUT2D eigenvalue weighted by Gasteiger charge is -2.15. The number of thioether (sulfide) groups is 2. The summed E-state index contributed by atoms with van der Waals surface area (Å²) >= 11 is 4.04. The standard InChI is InChI=1S/C8H16NS2/c1-3-11-8-5-9-4-7(8)6-10-2/h7-8H,3-6H2,1-2H3. The molecule has 11 heavy (non-hydrogen) atoms. The molecule has 1 saturated heterocycles. The van der Waals surface area contributed by atoms with Crippen molar-refractivity contribution in [2.75, 3.05) is 30.9 Å². The molecule has 0 amide bonds. The van der Waals surface area contributed by atoms with Crippen LogP contribution < -0.4 is 5.32 Å². The van der Waals surface area contributed by atoms with Crippen molar-refractivity contribution in [3.8, 4) is 0 Å². The van der Waals surface area contributed by atoms with Gasteiger partial charge in [-0.15, -0.1) is 0 Å². The Balaban J connectivity index is 2.25. The number of nitrogens with zero attached hydrogens (tertiary/aromatic N) is 1. The molecule has 2 unspecified atom stereocenters. The van der Waals surface area contributed by atoms with Crippen LogP contribution in [-0.4, -0.2) is 36.1 Å². The Kier molecular flexibility index (Phi) is 4.72. The Morgan fingerprint density at radius 3 is 2.91 bits per heavy atom. The Labute approximate surface area is 78.1 Å². The maximum atomic E-state index is 4.45. The van der Waals surface area contributed by atoms with Crippen molar-refractivity contribution in [3.63, 3.8) is 0 Å². The zero-order valence-electron chi connectivity index (χ0n) is 7.25. The molecule has 0 aromatic rings. The third-order valence-corrected chi connectivity index (χ3v) is 4.02. The van der Waals surface area contributed by atoms with E-state index in [2.05, 4.69) is 30.3 Å². The first-order chi connectivity index (χ1) is 5.38. The zero-order chi connectivity index (χ0) is 8.10. The van der Waals surface area contributed by atoms with Gasteiger partial charge in [-0.3, -0.25) is 0 Å². The van der Waals surface area contributed by atoms with Crippen molar-refractivity contribution < 1.29 is 0 Å². The van der Waals surface area contributed by atoms with Crippen molar-refractivity contribution in [1.82, 2.24) is 5.32 Å². The summed E-state index contributed by atoms with van der Waals surface area (Å²) in [6.07, 6.45) is 2.19. The van der Waals surface area contributed by atoms with Crippen molar-refractivity contribution >= 4 is 23.5 Å². The molecule has 1 fully saturated rings. The van der Waals surface area contributed by atoms with Gasteiger partial charge in [0.05, 0.1) is 0 Å². The number of rotatable bonds is 4. The summed E-state index contributed by atoms with van der Waals surface area (Å²) < 4.78 is 0. The lowest BCUT2D eigenvalue weighted by atomic mass is 10.1. The third-order valence-electron chi connectivity index (χ3n) is 1.96. The second kappa shape index (κ2) is 5.33. The molecule has 1 nitrogen and oxygen atoms in total. The van der Waals surface area contributed by atoms with Crippen LogP contribution in [0.25, 0.3) is 0 Å². The van der Waals surface area contributed by atoms with Crippen LogP contribution in [0.15, 0.2) is 0 Å². The van der Waals surface area contributed by atoms with Gasteiger partial charge in [0.1, 0.15) is 0 Å².